The first-order valence-corrected chi connectivity index (χ1v) is 4.23. The summed E-state index contributed by atoms with van der Waals surface area (Å²) < 4.78 is 2.08. The summed E-state index contributed by atoms with van der Waals surface area (Å²) >= 11 is 0. The molecule has 0 aromatic heterocycles. The van der Waals surface area contributed by atoms with Crippen LogP contribution in [0.3, 0.4) is 0 Å². The molecule has 0 bridgehead atoms. The van der Waals surface area contributed by atoms with E-state index >= 15 is 0 Å². The van der Waals surface area contributed by atoms with E-state index in [0.717, 1.165) is 19.4 Å². The van der Waals surface area contributed by atoms with Crippen LogP contribution < -0.4 is 0 Å². The number of nitrogens with zero attached hydrogens (tertiary/aromatic N) is 1. The van der Waals surface area contributed by atoms with E-state index in [0.29, 0.717) is 5.78 Å². The largest absolute Gasteiger partial charge is 0.297 e. The lowest BCUT2D eigenvalue weighted by atomic mass is 10.0. The first kappa shape index (κ1) is 6.75. The number of carbonyl (C=O) groups is 1. The minimum atomic E-state index is 0.112. The van der Waals surface area contributed by atoms with Crippen LogP contribution in [-0.2, 0) is 4.79 Å². The lowest BCUT2D eigenvalue weighted by Crippen LogP contribution is -2.21. The number of carbonyl (C=O) groups excluding carboxylic acids is 1. The molecule has 1 saturated heterocycles. The zero-order valence-electron chi connectivity index (χ0n) is 6.13. The average Bonchev–Trinajstić information content (AvgIpc) is 2.62. The first-order valence-electron chi connectivity index (χ1n) is 3.71. The van der Waals surface area contributed by atoms with Crippen molar-refractivity contribution in [3.05, 3.63) is 0 Å². The summed E-state index contributed by atoms with van der Waals surface area (Å²) in [5.74, 6) is 0.461. The summed E-state index contributed by atoms with van der Waals surface area (Å²) in [6.07, 6.45) is 2.25. The van der Waals surface area contributed by atoms with Crippen LogP contribution in [0.15, 0.2) is 0 Å². The van der Waals surface area contributed by atoms with Gasteiger partial charge in [-0.1, -0.05) is 9.39 Å². The van der Waals surface area contributed by atoms with Gasteiger partial charge in [-0.15, -0.1) is 0 Å². The molecule has 1 saturated carbocycles. The monoisotopic (exact) mass is 157 g/mol. The fourth-order valence-electron chi connectivity index (χ4n) is 1.71. The summed E-state index contributed by atoms with van der Waals surface area (Å²) in [5.41, 5.74) is 0.112. The van der Waals surface area contributed by atoms with E-state index in [2.05, 4.69) is 14.1 Å². The summed E-state index contributed by atoms with van der Waals surface area (Å²) in [6, 6.07) is 0.146. The lowest BCUT2D eigenvalue weighted by molar-refractivity contribution is -0.122. The van der Waals surface area contributed by atoms with Gasteiger partial charge in [0.1, 0.15) is 0 Å². The summed E-state index contributed by atoms with van der Waals surface area (Å²) in [4.78, 5) is 11.4. The van der Waals surface area contributed by atoms with Crippen molar-refractivity contribution in [3.63, 3.8) is 0 Å². The van der Waals surface area contributed by atoms with Crippen LogP contribution >= 0.6 is 9.39 Å². The van der Waals surface area contributed by atoms with Crippen molar-refractivity contribution in [3.8, 4) is 0 Å². The zero-order valence-corrected chi connectivity index (χ0v) is 7.29. The molecule has 10 heavy (non-hydrogen) atoms. The summed E-state index contributed by atoms with van der Waals surface area (Å²) in [7, 11) is 2.63. The average molecular weight is 157 g/mol. The molecule has 1 spiro atoms. The Bertz CT molecular complexity index is 188. The van der Waals surface area contributed by atoms with Crippen LogP contribution in [0.4, 0.5) is 0 Å². The molecule has 56 valence electrons. The molecule has 1 aliphatic heterocycles. The molecular formula is C7H12NOP. The van der Waals surface area contributed by atoms with Gasteiger partial charge in [0.2, 0.25) is 0 Å². The number of Topliss-reactive ketones (excluding diaryl/α,β-unsaturated/α-hetero) is 1. The van der Waals surface area contributed by atoms with Gasteiger partial charge < -0.3 is 0 Å². The molecule has 1 aliphatic carbocycles. The van der Waals surface area contributed by atoms with E-state index in [1.54, 1.807) is 0 Å². The molecular weight excluding hydrogens is 145 g/mol. The molecule has 2 unspecified atom stereocenters. The van der Waals surface area contributed by atoms with Crippen LogP contribution in [0.25, 0.3) is 0 Å². The van der Waals surface area contributed by atoms with Gasteiger partial charge in [-0.05, 0) is 19.8 Å². The van der Waals surface area contributed by atoms with Gasteiger partial charge in [0, 0.05) is 12.0 Å². The van der Waals surface area contributed by atoms with Gasteiger partial charge in [0.25, 0.3) is 0 Å². The van der Waals surface area contributed by atoms with Crippen molar-refractivity contribution in [2.45, 2.75) is 25.8 Å². The van der Waals surface area contributed by atoms with E-state index < -0.39 is 0 Å². The predicted octanol–water partition coefficient (Wildman–Crippen LogP) is 0.830. The number of ketones is 1. The second-order valence-electron chi connectivity index (χ2n) is 3.49. The van der Waals surface area contributed by atoms with Crippen molar-refractivity contribution in [2.24, 2.45) is 5.41 Å². The third kappa shape index (κ3) is 0.694. The van der Waals surface area contributed by atoms with Crippen LogP contribution in [0, 0.1) is 5.41 Å². The van der Waals surface area contributed by atoms with Crippen molar-refractivity contribution < 1.29 is 4.79 Å². The molecule has 0 radical (unpaired) electrons. The van der Waals surface area contributed by atoms with Gasteiger partial charge in [-0.3, -0.25) is 9.46 Å². The van der Waals surface area contributed by atoms with E-state index in [-0.39, 0.29) is 11.5 Å². The van der Waals surface area contributed by atoms with Crippen molar-refractivity contribution in [1.82, 2.24) is 4.67 Å². The van der Waals surface area contributed by atoms with E-state index in [1.165, 1.54) is 0 Å². The fraction of sp³-hybridized carbons (Fsp3) is 0.857. The van der Waals surface area contributed by atoms with Crippen molar-refractivity contribution >= 4 is 15.2 Å². The Kier molecular flexibility index (Phi) is 1.22. The highest BCUT2D eigenvalue weighted by molar-refractivity contribution is 7.13. The van der Waals surface area contributed by atoms with Gasteiger partial charge in [-0.25, -0.2) is 0 Å². The second-order valence-corrected chi connectivity index (χ2v) is 4.16. The molecule has 2 aliphatic rings. The Morgan fingerprint density at radius 2 is 2.30 bits per heavy atom. The minimum absolute atomic E-state index is 0.112. The lowest BCUT2D eigenvalue weighted by Gasteiger charge is -2.10. The first-order chi connectivity index (χ1) is 4.66. The Balaban J connectivity index is 2.24. The van der Waals surface area contributed by atoms with Crippen LogP contribution in [-0.4, -0.2) is 23.0 Å². The van der Waals surface area contributed by atoms with E-state index in [1.807, 2.05) is 6.92 Å². The Labute approximate surface area is 63.2 Å². The predicted molar refractivity (Wildman–Crippen MR) is 42.6 cm³/mol. The highest BCUT2D eigenvalue weighted by Crippen LogP contribution is 2.52. The van der Waals surface area contributed by atoms with Crippen molar-refractivity contribution in [1.29, 1.82) is 0 Å². The molecule has 2 fully saturated rings. The number of rotatable bonds is 0. The molecule has 1 heterocycles. The number of hydrogen-bond acceptors (Lipinski definition) is 2. The summed E-state index contributed by atoms with van der Waals surface area (Å²) in [6.45, 7) is 2.96. The topological polar surface area (TPSA) is 20.3 Å². The fourth-order valence-corrected chi connectivity index (χ4v) is 2.20. The van der Waals surface area contributed by atoms with E-state index in [4.69, 9.17) is 0 Å². The van der Waals surface area contributed by atoms with Gasteiger partial charge in [-0.2, -0.15) is 0 Å². The Morgan fingerprint density at radius 3 is 2.50 bits per heavy atom. The Morgan fingerprint density at radius 1 is 1.70 bits per heavy atom. The standard InChI is InChI=1S/C7H12NOP/c1-5-6(9)7(2-3-7)4-8(5)10/h5H,2-4,10H2,1H3. The maximum Gasteiger partial charge on any atom is 0.157 e. The SMILES string of the molecule is CC1C(=O)C2(CC2)CN1P. The molecule has 3 heteroatoms. The molecule has 0 amide bonds. The maximum absolute atomic E-state index is 11.4. The van der Waals surface area contributed by atoms with Crippen LogP contribution in [0.5, 0.6) is 0 Å². The number of hydrogen-bond donors (Lipinski definition) is 0. The van der Waals surface area contributed by atoms with Crippen molar-refractivity contribution in [2.75, 3.05) is 6.54 Å². The van der Waals surface area contributed by atoms with E-state index in [9.17, 15) is 4.79 Å². The molecule has 2 rings (SSSR count). The molecule has 0 aromatic rings. The minimum Gasteiger partial charge on any atom is -0.297 e. The molecule has 0 aromatic carbocycles. The Hall–Kier alpha value is 0.0600. The molecule has 0 N–H and O–H groups in total. The summed E-state index contributed by atoms with van der Waals surface area (Å²) in [5, 5.41) is 0. The zero-order chi connectivity index (χ0) is 7.35. The van der Waals surface area contributed by atoms with Crippen LogP contribution in [0.2, 0.25) is 0 Å². The van der Waals surface area contributed by atoms with Gasteiger partial charge in [0.05, 0.1) is 6.04 Å². The normalized spacial score (nSPS) is 37.4. The highest BCUT2D eigenvalue weighted by Gasteiger charge is 2.56. The van der Waals surface area contributed by atoms with Gasteiger partial charge in [0.15, 0.2) is 5.78 Å². The molecule has 2 nitrogen and oxygen atoms in total. The highest BCUT2D eigenvalue weighted by atomic mass is 31.0. The van der Waals surface area contributed by atoms with Crippen LogP contribution in [0.1, 0.15) is 19.8 Å². The smallest absolute Gasteiger partial charge is 0.157 e. The third-order valence-corrected chi connectivity index (χ3v) is 3.37. The third-order valence-electron chi connectivity index (χ3n) is 2.74. The second kappa shape index (κ2) is 1.80. The maximum atomic E-state index is 11.4. The van der Waals surface area contributed by atoms with Gasteiger partial charge >= 0.3 is 0 Å². The molecule has 2 atom stereocenters. The quantitative estimate of drug-likeness (QED) is 0.485.